The van der Waals surface area contributed by atoms with Gasteiger partial charge in [-0.2, -0.15) is 0 Å². The highest BCUT2D eigenvalue weighted by atomic mass is 16.1. The summed E-state index contributed by atoms with van der Waals surface area (Å²) in [6.45, 7) is 0. The number of carbonyl (C=O) groups excluding carboxylic acids is 2. The molecule has 0 radical (unpaired) electrons. The second-order valence-corrected chi connectivity index (χ2v) is 4.06. The number of aldehydes is 1. The molecule has 0 spiro atoms. The van der Waals surface area contributed by atoms with Crippen molar-refractivity contribution in [3.63, 3.8) is 0 Å². The fraction of sp³-hybridized carbons (Fsp3) is 0. The average Bonchev–Trinajstić information content (AvgIpc) is 2.54. The fourth-order valence-corrected chi connectivity index (χ4v) is 1.91. The second kappa shape index (κ2) is 4.93. The highest BCUT2D eigenvalue weighted by molar-refractivity contribution is 6.11. The van der Waals surface area contributed by atoms with E-state index in [1.54, 1.807) is 6.07 Å². The Balaban J connectivity index is 2.17. The Hall–Kier alpha value is -3.02. The van der Waals surface area contributed by atoms with Crippen LogP contribution in [-0.4, -0.2) is 32.0 Å². The van der Waals surface area contributed by atoms with Gasteiger partial charge in [-0.1, -0.05) is 0 Å². The van der Waals surface area contributed by atoms with Gasteiger partial charge in [-0.3, -0.25) is 19.6 Å². The molecule has 0 atom stereocenters. The number of benzene rings is 1. The normalized spacial score (nSPS) is 10.4. The number of aromatic nitrogens is 4. The van der Waals surface area contributed by atoms with Crippen LogP contribution in [-0.2, 0) is 0 Å². The Labute approximate surface area is 113 Å². The summed E-state index contributed by atoms with van der Waals surface area (Å²) in [4.78, 5) is 39.3. The van der Waals surface area contributed by atoms with E-state index in [0.29, 0.717) is 34.0 Å². The minimum Gasteiger partial charge on any atom is -0.298 e. The lowest BCUT2D eigenvalue weighted by molar-refractivity contribution is 0.103. The predicted molar refractivity (Wildman–Crippen MR) is 70.4 cm³/mol. The van der Waals surface area contributed by atoms with Gasteiger partial charge in [0.2, 0.25) is 0 Å². The maximum atomic E-state index is 12.3. The van der Waals surface area contributed by atoms with Crippen molar-refractivity contribution in [3.8, 4) is 0 Å². The van der Waals surface area contributed by atoms with E-state index in [2.05, 4.69) is 19.9 Å². The maximum absolute atomic E-state index is 12.3. The third-order valence-electron chi connectivity index (χ3n) is 2.82. The molecule has 0 aliphatic rings. The van der Waals surface area contributed by atoms with Gasteiger partial charge < -0.3 is 0 Å². The molecule has 0 saturated carbocycles. The molecule has 2 aromatic heterocycles. The number of ketones is 1. The molecule has 96 valence electrons. The van der Waals surface area contributed by atoms with Gasteiger partial charge >= 0.3 is 0 Å². The molecule has 6 nitrogen and oxygen atoms in total. The summed E-state index contributed by atoms with van der Waals surface area (Å²) in [5, 5.41) is 0. The minimum absolute atomic E-state index is 0.263. The van der Waals surface area contributed by atoms with Crippen LogP contribution in [0.25, 0.3) is 11.0 Å². The van der Waals surface area contributed by atoms with E-state index in [1.165, 1.54) is 37.2 Å². The Morgan fingerprint density at radius 1 is 1.00 bits per heavy atom. The van der Waals surface area contributed by atoms with Crippen molar-refractivity contribution in [2.75, 3.05) is 0 Å². The molecule has 0 unspecified atom stereocenters. The van der Waals surface area contributed by atoms with Crippen LogP contribution < -0.4 is 0 Å². The zero-order valence-corrected chi connectivity index (χ0v) is 10.2. The molecule has 0 N–H and O–H groups in total. The molecular formula is C14H8N4O2. The summed E-state index contributed by atoms with van der Waals surface area (Å²) < 4.78 is 0. The molecule has 2 heterocycles. The van der Waals surface area contributed by atoms with Crippen LogP contribution >= 0.6 is 0 Å². The van der Waals surface area contributed by atoms with Crippen LogP contribution in [0, 0.1) is 0 Å². The van der Waals surface area contributed by atoms with Gasteiger partial charge in [0.25, 0.3) is 0 Å². The van der Waals surface area contributed by atoms with Crippen LogP contribution in [0.5, 0.6) is 0 Å². The van der Waals surface area contributed by atoms with Crippen LogP contribution in [0.2, 0.25) is 0 Å². The molecule has 0 bridgehead atoms. The summed E-state index contributed by atoms with van der Waals surface area (Å²) in [5.74, 6) is -0.263. The predicted octanol–water partition coefficient (Wildman–Crippen LogP) is 1.46. The maximum Gasteiger partial charge on any atom is 0.196 e. The summed E-state index contributed by atoms with van der Waals surface area (Å²) in [6, 6.07) is 3.10. The van der Waals surface area contributed by atoms with E-state index < -0.39 is 0 Å². The van der Waals surface area contributed by atoms with E-state index in [0.717, 1.165) is 0 Å². The molecule has 0 fully saturated rings. The second-order valence-electron chi connectivity index (χ2n) is 4.06. The van der Waals surface area contributed by atoms with E-state index in [-0.39, 0.29) is 5.78 Å². The molecule has 0 saturated heterocycles. The molecular weight excluding hydrogens is 256 g/mol. The van der Waals surface area contributed by atoms with Gasteiger partial charge in [0, 0.05) is 35.9 Å². The van der Waals surface area contributed by atoms with Gasteiger partial charge in [0.05, 0.1) is 16.6 Å². The van der Waals surface area contributed by atoms with Gasteiger partial charge in [-0.25, -0.2) is 9.97 Å². The number of nitrogens with zero attached hydrogens (tertiary/aromatic N) is 4. The van der Waals surface area contributed by atoms with Crippen molar-refractivity contribution >= 4 is 23.1 Å². The van der Waals surface area contributed by atoms with Crippen LogP contribution in [0.3, 0.4) is 0 Å². The first kappa shape index (κ1) is 12.0. The largest absolute Gasteiger partial charge is 0.298 e. The monoisotopic (exact) mass is 264 g/mol. The number of hydrogen-bond donors (Lipinski definition) is 0. The van der Waals surface area contributed by atoms with E-state index in [9.17, 15) is 9.59 Å². The summed E-state index contributed by atoms with van der Waals surface area (Å²) in [7, 11) is 0. The topological polar surface area (TPSA) is 85.7 Å². The molecule has 20 heavy (non-hydrogen) atoms. The Morgan fingerprint density at radius 2 is 1.75 bits per heavy atom. The number of fused-ring (bicyclic) bond motifs is 1. The highest BCUT2D eigenvalue weighted by Crippen LogP contribution is 2.18. The molecule has 0 aliphatic heterocycles. The van der Waals surface area contributed by atoms with Crippen molar-refractivity contribution in [1.82, 2.24) is 19.9 Å². The van der Waals surface area contributed by atoms with Crippen molar-refractivity contribution < 1.29 is 9.59 Å². The number of hydrogen-bond acceptors (Lipinski definition) is 6. The first-order chi connectivity index (χ1) is 9.79. The quantitative estimate of drug-likeness (QED) is 0.526. The summed E-state index contributed by atoms with van der Waals surface area (Å²) >= 11 is 0. The lowest BCUT2D eigenvalue weighted by Crippen LogP contribution is -2.04. The van der Waals surface area contributed by atoms with Crippen LogP contribution in [0.1, 0.15) is 26.3 Å². The van der Waals surface area contributed by atoms with Crippen LogP contribution in [0.15, 0.2) is 43.2 Å². The minimum atomic E-state index is -0.263. The zero-order chi connectivity index (χ0) is 13.9. The van der Waals surface area contributed by atoms with Crippen molar-refractivity contribution in [1.29, 1.82) is 0 Å². The van der Waals surface area contributed by atoms with Crippen molar-refractivity contribution in [2.24, 2.45) is 0 Å². The van der Waals surface area contributed by atoms with Crippen LogP contribution in [0.4, 0.5) is 0 Å². The summed E-state index contributed by atoms with van der Waals surface area (Å²) in [5.41, 5.74) is 2.01. The average molecular weight is 264 g/mol. The smallest absolute Gasteiger partial charge is 0.196 e. The molecule has 0 amide bonds. The fourth-order valence-electron chi connectivity index (χ4n) is 1.91. The van der Waals surface area contributed by atoms with E-state index in [1.807, 2.05) is 0 Å². The van der Waals surface area contributed by atoms with Gasteiger partial charge in [0.1, 0.15) is 6.33 Å². The third-order valence-corrected chi connectivity index (χ3v) is 2.82. The Morgan fingerprint density at radius 3 is 2.50 bits per heavy atom. The molecule has 0 aliphatic carbocycles. The van der Waals surface area contributed by atoms with Gasteiger partial charge in [-0.05, 0) is 12.1 Å². The standard InChI is InChI=1S/C14H8N4O2/c19-7-10-3-9(4-12-13(10)18-2-1-17-12)14(20)11-5-15-8-16-6-11/h1-8H. The SMILES string of the molecule is O=Cc1cc(C(=O)c2cncnc2)cc2nccnc12. The Bertz CT molecular complexity index is 803. The highest BCUT2D eigenvalue weighted by Gasteiger charge is 2.13. The van der Waals surface area contributed by atoms with Crippen molar-refractivity contribution in [3.05, 3.63) is 59.9 Å². The first-order valence-electron chi connectivity index (χ1n) is 5.79. The van der Waals surface area contributed by atoms with Gasteiger partial charge in [-0.15, -0.1) is 0 Å². The molecule has 3 aromatic rings. The van der Waals surface area contributed by atoms with Gasteiger partial charge in [0.15, 0.2) is 12.1 Å². The lowest BCUT2D eigenvalue weighted by Gasteiger charge is -2.04. The Kier molecular flexibility index (Phi) is 2.96. The van der Waals surface area contributed by atoms with E-state index in [4.69, 9.17) is 0 Å². The third kappa shape index (κ3) is 2.03. The summed E-state index contributed by atoms with van der Waals surface area (Å²) in [6.07, 6.45) is 7.88. The first-order valence-corrected chi connectivity index (χ1v) is 5.79. The van der Waals surface area contributed by atoms with Crippen molar-refractivity contribution in [2.45, 2.75) is 0 Å². The molecule has 3 rings (SSSR count). The molecule has 6 heteroatoms. The van der Waals surface area contributed by atoms with E-state index >= 15 is 0 Å². The molecule has 1 aromatic carbocycles. The lowest BCUT2D eigenvalue weighted by atomic mass is 10.0. The number of rotatable bonds is 3. The number of carbonyl (C=O) groups is 2. The zero-order valence-electron chi connectivity index (χ0n) is 10.2.